The van der Waals surface area contributed by atoms with Crippen molar-refractivity contribution in [1.82, 2.24) is 15.5 Å². The second-order valence-corrected chi connectivity index (χ2v) is 6.32. The molecule has 2 unspecified atom stereocenters. The number of rotatable bonds is 6. The number of aliphatic imine (C=N–C) groups is 1. The lowest BCUT2D eigenvalue weighted by Crippen LogP contribution is -2.59. The Morgan fingerprint density at radius 1 is 1.27 bits per heavy atom. The Labute approximate surface area is 152 Å². The first-order valence-electron chi connectivity index (χ1n) is 7.73. The van der Waals surface area contributed by atoms with Crippen LogP contribution in [0.3, 0.4) is 0 Å². The lowest BCUT2D eigenvalue weighted by atomic mass is 10.00. The van der Waals surface area contributed by atoms with Crippen LogP contribution >= 0.6 is 24.0 Å². The van der Waals surface area contributed by atoms with E-state index in [0.717, 1.165) is 32.1 Å². The van der Waals surface area contributed by atoms with Crippen LogP contribution in [0.25, 0.3) is 0 Å². The molecule has 0 radical (unpaired) electrons. The van der Waals surface area contributed by atoms with Gasteiger partial charge in [-0.2, -0.15) is 0 Å². The molecule has 2 N–H and O–H groups in total. The van der Waals surface area contributed by atoms with Crippen molar-refractivity contribution in [2.24, 2.45) is 4.99 Å². The molecular weight excluding hydrogens is 395 g/mol. The fourth-order valence-electron chi connectivity index (χ4n) is 2.58. The van der Waals surface area contributed by atoms with Crippen LogP contribution in [0.15, 0.2) is 4.99 Å². The highest BCUT2D eigenvalue weighted by atomic mass is 127. The third-order valence-corrected chi connectivity index (χ3v) is 3.79. The van der Waals surface area contributed by atoms with Gasteiger partial charge in [0.25, 0.3) is 0 Å². The highest BCUT2D eigenvalue weighted by Crippen LogP contribution is 2.20. The maximum absolute atomic E-state index is 5.81. The zero-order valence-electron chi connectivity index (χ0n) is 14.8. The SMILES string of the molecule is CN=C(NCCOC)NCC(C)(C)N1CC(C)OC(C)C1.I. The third kappa shape index (κ3) is 7.43. The maximum Gasteiger partial charge on any atom is 0.191 e. The minimum atomic E-state index is 0. The fraction of sp³-hybridized carbons (Fsp3) is 0.933. The first-order chi connectivity index (χ1) is 9.89. The molecule has 0 spiro atoms. The van der Waals surface area contributed by atoms with Gasteiger partial charge in [-0.3, -0.25) is 9.89 Å². The number of methoxy groups -OCH3 is 1. The summed E-state index contributed by atoms with van der Waals surface area (Å²) in [6.45, 7) is 13.0. The van der Waals surface area contributed by atoms with E-state index < -0.39 is 0 Å². The predicted octanol–water partition coefficient (Wildman–Crippen LogP) is 1.30. The largest absolute Gasteiger partial charge is 0.383 e. The normalized spacial score (nSPS) is 23.8. The lowest BCUT2D eigenvalue weighted by Gasteiger charge is -2.45. The van der Waals surface area contributed by atoms with Crippen molar-refractivity contribution in [3.05, 3.63) is 0 Å². The molecule has 0 saturated carbocycles. The monoisotopic (exact) mass is 428 g/mol. The molecule has 0 aromatic heterocycles. The van der Waals surface area contributed by atoms with Gasteiger partial charge in [-0.25, -0.2) is 0 Å². The van der Waals surface area contributed by atoms with Crippen LogP contribution < -0.4 is 10.6 Å². The minimum Gasteiger partial charge on any atom is -0.383 e. The van der Waals surface area contributed by atoms with E-state index in [-0.39, 0.29) is 41.7 Å². The maximum atomic E-state index is 5.81. The summed E-state index contributed by atoms with van der Waals surface area (Å²) in [4.78, 5) is 6.72. The van der Waals surface area contributed by atoms with E-state index in [1.807, 2.05) is 0 Å². The molecule has 0 bridgehead atoms. The second-order valence-electron chi connectivity index (χ2n) is 6.32. The highest BCUT2D eigenvalue weighted by Gasteiger charge is 2.33. The van der Waals surface area contributed by atoms with E-state index in [4.69, 9.17) is 9.47 Å². The molecule has 7 heteroatoms. The van der Waals surface area contributed by atoms with E-state index in [1.54, 1.807) is 14.2 Å². The first kappa shape index (κ1) is 21.9. The van der Waals surface area contributed by atoms with Crippen molar-refractivity contribution in [1.29, 1.82) is 0 Å². The zero-order chi connectivity index (χ0) is 15.9. The van der Waals surface area contributed by atoms with Crippen LogP contribution in [0.4, 0.5) is 0 Å². The molecule has 0 aromatic carbocycles. The van der Waals surface area contributed by atoms with Crippen molar-refractivity contribution in [3.8, 4) is 0 Å². The molecule has 1 rings (SSSR count). The van der Waals surface area contributed by atoms with E-state index in [1.165, 1.54) is 0 Å². The highest BCUT2D eigenvalue weighted by molar-refractivity contribution is 14.0. The van der Waals surface area contributed by atoms with Crippen LogP contribution in [0.1, 0.15) is 27.7 Å². The Kier molecular flexibility index (Phi) is 10.6. The zero-order valence-corrected chi connectivity index (χ0v) is 17.1. The van der Waals surface area contributed by atoms with E-state index >= 15 is 0 Å². The van der Waals surface area contributed by atoms with Crippen LogP contribution in [0.5, 0.6) is 0 Å². The number of morpholine rings is 1. The Hall–Kier alpha value is -0.120. The average molecular weight is 428 g/mol. The van der Waals surface area contributed by atoms with Crippen molar-refractivity contribution in [2.75, 3.05) is 46.9 Å². The number of hydrogen-bond donors (Lipinski definition) is 2. The summed E-state index contributed by atoms with van der Waals surface area (Å²) in [5.41, 5.74) is 0.0468. The quantitative estimate of drug-likeness (QED) is 0.289. The van der Waals surface area contributed by atoms with Crippen LogP contribution in [-0.2, 0) is 9.47 Å². The van der Waals surface area contributed by atoms with Gasteiger partial charge in [0.05, 0.1) is 18.8 Å². The Morgan fingerprint density at radius 2 is 1.86 bits per heavy atom. The van der Waals surface area contributed by atoms with Gasteiger partial charge in [0, 0.05) is 45.9 Å². The van der Waals surface area contributed by atoms with Gasteiger partial charge >= 0.3 is 0 Å². The standard InChI is InChI=1S/C15H32N4O2.HI/c1-12-9-19(10-13(2)21-12)15(3,4)11-18-14(16-5)17-7-8-20-6;/h12-13H,7-11H2,1-6H3,(H2,16,17,18);1H. The predicted molar refractivity (Wildman–Crippen MR) is 102 cm³/mol. The number of hydrogen-bond acceptors (Lipinski definition) is 4. The molecule has 1 heterocycles. The Balaban J connectivity index is 0.00000441. The number of nitrogens with zero attached hydrogens (tertiary/aromatic N) is 2. The van der Waals surface area contributed by atoms with Gasteiger partial charge in [0.1, 0.15) is 0 Å². The summed E-state index contributed by atoms with van der Waals surface area (Å²) in [6.07, 6.45) is 0.569. The van der Waals surface area contributed by atoms with Crippen molar-refractivity contribution in [2.45, 2.75) is 45.4 Å². The van der Waals surface area contributed by atoms with Crippen molar-refractivity contribution >= 4 is 29.9 Å². The van der Waals surface area contributed by atoms with E-state index in [0.29, 0.717) is 6.61 Å². The summed E-state index contributed by atoms with van der Waals surface area (Å²) >= 11 is 0. The molecule has 6 nitrogen and oxygen atoms in total. The smallest absolute Gasteiger partial charge is 0.191 e. The molecule has 1 aliphatic heterocycles. The lowest BCUT2D eigenvalue weighted by molar-refractivity contribution is -0.0946. The Morgan fingerprint density at radius 3 is 2.36 bits per heavy atom. The summed E-state index contributed by atoms with van der Waals surface area (Å²) in [5, 5.41) is 6.63. The molecule has 1 saturated heterocycles. The molecule has 0 amide bonds. The summed E-state index contributed by atoms with van der Waals surface area (Å²) in [5.74, 6) is 0.814. The molecule has 0 aromatic rings. The molecule has 0 aliphatic carbocycles. The van der Waals surface area contributed by atoms with Gasteiger partial charge in [0.2, 0.25) is 0 Å². The number of guanidine groups is 1. The van der Waals surface area contributed by atoms with Crippen LogP contribution in [0.2, 0.25) is 0 Å². The van der Waals surface area contributed by atoms with Crippen LogP contribution in [-0.4, -0.2) is 75.5 Å². The fourth-order valence-corrected chi connectivity index (χ4v) is 2.58. The van der Waals surface area contributed by atoms with Crippen molar-refractivity contribution in [3.63, 3.8) is 0 Å². The minimum absolute atomic E-state index is 0. The average Bonchev–Trinajstić information content (AvgIpc) is 2.41. The third-order valence-electron chi connectivity index (χ3n) is 3.79. The number of ether oxygens (including phenoxy) is 2. The molecular formula is C15H33IN4O2. The van der Waals surface area contributed by atoms with Crippen LogP contribution in [0, 0.1) is 0 Å². The summed E-state index contributed by atoms with van der Waals surface area (Å²) in [7, 11) is 3.48. The summed E-state index contributed by atoms with van der Waals surface area (Å²) in [6, 6.07) is 0. The van der Waals surface area contributed by atoms with E-state index in [2.05, 4.69) is 48.2 Å². The second kappa shape index (κ2) is 10.6. The van der Waals surface area contributed by atoms with Gasteiger partial charge in [-0.1, -0.05) is 0 Å². The van der Waals surface area contributed by atoms with Gasteiger partial charge in [0.15, 0.2) is 5.96 Å². The number of halogens is 1. The topological polar surface area (TPSA) is 58.1 Å². The molecule has 1 fully saturated rings. The Bertz CT molecular complexity index is 330. The first-order valence-corrected chi connectivity index (χ1v) is 7.73. The number of nitrogens with one attached hydrogen (secondary N) is 2. The molecule has 2 atom stereocenters. The van der Waals surface area contributed by atoms with Gasteiger partial charge < -0.3 is 20.1 Å². The molecule has 22 heavy (non-hydrogen) atoms. The van der Waals surface area contributed by atoms with Gasteiger partial charge in [-0.15, -0.1) is 24.0 Å². The van der Waals surface area contributed by atoms with E-state index in [9.17, 15) is 0 Å². The molecule has 1 aliphatic rings. The molecule has 132 valence electrons. The summed E-state index contributed by atoms with van der Waals surface area (Å²) < 4.78 is 10.8. The van der Waals surface area contributed by atoms with Gasteiger partial charge in [-0.05, 0) is 27.7 Å². The van der Waals surface area contributed by atoms with Crippen molar-refractivity contribution < 1.29 is 9.47 Å².